The second kappa shape index (κ2) is 8.95. The molecule has 0 radical (unpaired) electrons. The van der Waals surface area contributed by atoms with E-state index in [0.29, 0.717) is 0 Å². The molecule has 0 aromatic carbocycles. The average Bonchev–Trinajstić information content (AvgIpc) is 2.20. The van der Waals surface area contributed by atoms with Crippen LogP contribution in [-0.2, 0) is 9.59 Å². The molecule has 2 amide bonds. The van der Waals surface area contributed by atoms with Gasteiger partial charge in [-0.25, -0.2) is 0 Å². The van der Waals surface area contributed by atoms with E-state index in [9.17, 15) is 9.59 Å². The maximum atomic E-state index is 11.0. The first kappa shape index (κ1) is 14.7. The summed E-state index contributed by atoms with van der Waals surface area (Å²) in [5, 5.41) is 0. The summed E-state index contributed by atoms with van der Waals surface area (Å²) >= 11 is 0. The molecule has 1 unspecified atom stereocenters. The second-order valence-corrected chi connectivity index (χ2v) is 3.96. The summed E-state index contributed by atoms with van der Waals surface area (Å²) in [6.45, 7) is 2.16. The Balaban J connectivity index is 3.85. The van der Waals surface area contributed by atoms with Crippen molar-refractivity contribution in [3.8, 4) is 0 Å². The highest BCUT2D eigenvalue weighted by atomic mass is 16.2. The molecule has 0 aromatic rings. The van der Waals surface area contributed by atoms with E-state index < -0.39 is 17.7 Å². The third-order valence-corrected chi connectivity index (χ3v) is 2.38. The van der Waals surface area contributed by atoms with Crippen LogP contribution in [0.15, 0.2) is 12.2 Å². The third kappa shape index (κ3) is 8.03. The summed E-state index contributed by atoms with van der Waals surface area (Å²) < 4.78 is 0. The van der Waals surface area contributed by atoms with Crippen LogP contribution in [0.3, 0.4) is 0 Å². The first-order valence-electron chi connectivity index (χ1n) is 5.82. The van der Waals surface area contributed by atoms with E-state index in [1.54, 1.807) is 6.08 Å². The molecule has 1 atom stereocenters. The van der Waals surface area contributed by atoms with E-state index in [0.717, 1.165) is 12.8 Å². The lowest BCUT2D eigenvalue weighted by Gasteiger charge is -2.04. The number of primary amides is 2. The van der Waals surface area contributed by atoms with Crippen molar-refractivity contribution in [1.29, 1.82) is 0 Å². The maximum absolute atomic E-state index is 11.0. The van der Waals surface area contributed by atoms with Crippen LogP contribution in [-0.4, -0.2) is 11.8 Å². The standard InChI is InChI=1S/C12H22N2O2/c1-2-3-4-5-6-7-8-10(12(14)16)9-11(13)15/h7-8,10H,2-6,9H2,1H3,(H2,13,15)(H2,14,16)/b8-7+. The average molecular weight is 226 g/mol. The summed E-state index contributed by atoms with van der Waals surface area (Å²) in [5.74, 6) is -1.55. The van der Waals surface area contributed by atoms with Crippen molar-refractivity contribution in [1.82, 2.24) is 0 Å². The molecule has 0 aromatic heterocycles. The topological polar surface area (TPSA) is 86.2 Å². The minimum absolute atomic E-state index is 0.000787. The summed E-state index contributed by atoms with van der Waals surface area (Å²) in [5.41, 5.74) is 10.2. The van der Waals surface area contributed by atoms with Crippen LogP contribution >= 0.6 is 0 Å². The fourth-order valence-corrected chi connectivity index (χ4v) is 1.43. The minimum Gasteiger partial charge on any atom is -0.370 e. The molecule has 0 saturated heterocycles. The lowest BCUT2D eigenvalue weighted by molar-refractivity contribution is -0.125. The first-order valence-corrected chi connectivity index (χ1v) is 5.82. The quantitative estimate of drug-likeness (QED) is 0.461. The molecule has 0 saturated carbocycles. The van der Waals surface area contributed by atoms with E-state index in [1.807, 2.05) is 6.08 Å². The lowest BCUT2D eigenvalue weighted by atomic mass is 10.0. The van der Waals surface area contributed by atoms with Gasteiger partial charge in [0.15, 0.2) is 0 Å². The van der Waals surface area contributed by atoms with Gasteiger partial charge in [-0.15, -0.1) is 0 Å². The first-order chi connectivity index (χ1) is 7.57. The van der Waals surface area contributed by atoms with Crippen molar-refractivity contribution < 1.29 is 9.59 Å². The lowest BCUT2D eigenvalue weighted by Crippen LogP contribution is -2.26. The Hall–Kier alpha value is -1.32. The van der Waals surface area contributed by atoms with Crippen molar-refractivity contribution in [3.63, 3.8) is 0 Å². The Morgan fingerprint density at radius 3 is 2.38 bits per heavy atom. The van der Waals surface area contributed by atoms with Gasteiger partial charge in [0.25, 0.3) is 0 Å². The number of amides is 2. The van der Waals surface area contributed by atoms with Crippen LogP contribution in [0.5, 0.6) is 0 Å². The predicted molar refractivity (Wildman–Crippen MR) is 64.4 cm³/mol. The number of unbranched alkanes of at least 4 members (excludes halogenated alkanes) is 4. The number of hydrogen-bond acceptors (Lipinski definition) is 2. The molecule has 0 aliphatic rings. The van der Waals surface area contributed by atoms with E-state index in [-0.39, 0.29) is 6.42 Å². The Morgan fingerprint density at radius 2 is 1.88 bits per heavy atom. The largest absolute Gasteiger partial charge is 0.370 e. The SMILES string of the molecule is CCCCCC/C=C/C(CC(N)=O)C(N)=O. The Morgan fingerprint density at radius 1 is 1.19 bits per heavy atom. The van der Waals surface area contributed by atoms with Crippen LogP contribution in [0.25, 0.3) is 0 Å². The summed E-state index contributed by atoms with van der Waals surface area (Å²) in [7, 11) is 0. The molecule has 16 heavy (non-hydrogen) atoms. The summed E-state index contributed by atoms with van der Waals surface area (Å²) in [6, 6.07) is 0. The summed E-state index contributed by atoms with van der Waals surface area (Å²) in [4.78, 5) is 21.6. The van der Waals surface area contributed by atoms with Gasteiger partial charge in [-0.3, -0.25) is 9.59 Å². The van der Waals surface area contributed by atoms with Crippen LogP contribution in [0.4, 0.5) is 0 Å². The van der Waals surface area contributed by atoms with Gasteiger partial charge in [-0.1, -0.05) is 38.3 Å². The smallest absolute Gasteiger partial charge is 0.224 e. The van der Waals surface area contributed by atoms with Gasteiger partial charge in [0.2, 0.25) is 11.8 Å². The zero-order chi connectivity index (χ0) is 12.4. The second-order valence-electron chi connectivity index (χ2n) is 3.96. The van der Waals surface area contributed by atoms with E-state index >= 15 is 0 Å². The molecule has 0 heterocycles. The van der Waals surface area contributed by atoms with Gasteiger partial charge in [-0.2, -0.15) is 0 Å². The third-order valence-electron chi connectivity index (χ3n) is 2.38. The molecule has 4 nitrogen and oxygen atoms in total. The van der Waals surface area contributed by atoms with Crippen LogP contribution in [0, 0.1) is 5.92 Å². The van der Waals surface area contributed by atoms with Crippen molar-refractivity contribution >= 4 is 11.8 Å². The van der Waals surface area contributed by atoms with Gasteiger partial charge in [0.05, 0.1) is 5.92 Å². The number of nitrogens with two attached hydrogens (primary N) is 2. The van der Waals surface area contributed by atoms with E-state index in [1.165, 1.54) is 19.3 Å². The molecule has 0 fully saturated rings. The number of carbonyl (C=O) groups excluding carboxylic acids is 2. The van der Waals surface area contributed by atoms with Crippen LogP contribution in [0.1, 0.15) is 45.4 Å². The van der Waals surface area contributed by atoms with Crippen molar-refractivity contribution in [2.24, 2.45) is 17.4 Å². The van der Waals surface area contributed by atoms with Crippen molar-refractivity contribution in [2.75, 3.05) is 0 Å². The fraction of sp³-hybridized carbons (Fsp3) is 0.667. The molecule has 0 rings (SSSR count). The fourth-order valence-electron chi connectivity index (χ4n) is 1.43. The van der Waals surface area contributed by atoms with E-state index in [4.69, 9.17) is 11.5 Å². The Labute approximate surface area is 97.1 Å². The highest BCUT2D eigenvalue weighted by molar-refractivity contribution is 5.85. The molecular formula is C12H22N2O2. The van der Waals surface area contributed by atoms with Crippen molar-refractivity contribution in [2.45, 2.75) is 45.4 Å². The highest BCUT2D eigenvalue weighted by Gasteiger charge is 2.13. The number of allylic oxidation sites excluding steroid dienone is 1. The Kier molecular flexibility index (Phi) is 8.21. The zero-order valence-electron chi connectivity index (χ0n) is 9.95. The molecule has 92 valence electrons. The molecule has 4 N–H and O–H groups in total. The predicted octanol–water partition coefficient (Wildman–Crippen LogP) is 1.49. The maximum Gasteiger partial charge on any atom is 0.224 e. The molecule has 0 bridgehead atoms. The highest BCUT2D eigenvalue weighted by Crippen LogP contribution is 2.07. The van der Waals surface area contributed by atoms with Gasteiger partial charge in [0, 0.05) is 6.42 Å². The van der Waals surface area contributed by atoms with Gasteiger partial charge < -0.3 is 11.5 Å². The molecule has 4 heteroatoms. The number of carbonyl (C=O) groups is 2. The number of hydrogen-bond donors (Lipinski definition) is 2. The van der Waals surface area contributed by atoms with Crippen LogP contribution in [0.2, 0.25) is 0 Å². The van der Waals surface area contributed by atoms with Gasteiger partial charge in [0.1, 0.15) is 0 Å². The normalized spacial score (nSPS) is 12.8. The molecular weight excluding hydrogens is 204 g/mol. The van der Waals surface area contributed by atoms with E-state index in [2.05, 4.69) is 6.92 Å². The number of rotatable bonds is 9. The van der Waals surface area contributed by atoms with Gasteiger partial charge in [-0.05, 0) is 12.8 Å². The van der Waals surface area contributed by atoms with Crippen molar-refractivity contribution in [3.05, 3.63) is 12.2 Å². The Bertz CT molecular complexity index is 249. The monoisotopic (exact) mass is 226 g/mol. The molecule has 0 aliphatic carbocycles. The molecule has 0 spiro atoms. The van der Waals surface area contributed by atoms with Crippen LogP contribution < -0.4 is 11.5 Å². The summed E-state index contributed by atoms with van der Waals surface area (Å²) in [6.07, 6.45) is 9.25. The zero-order valence-corrected chi connectivity index (χ0v) is 9.95. The van der Waals surface area contributed by atoms with Gasteiger partial charge >= 0.3 is 0 Å². The minimum atomic E-state index is -0.552. The molecule has 0 aliphatic heterocycles.